The molecule has 2 fully saturated rings. The topological polar surface area (TPSA) is 24.9 Å². The molecule has 27 heavy (non-hydrogen) atoms. The largest absolute Gasteiger partial charge is 0.379 e. The predicted octanol–water partition coefficient (Wildman–Crippen LogP) is 3.41. The molecule has 2 aliphatic heterocycles. The van der Waals surface area contributed by atoms with Crippen molar-refractivity contribution in [3.05, 3.63) is 59.7 Å². The van der Waals surface area contributed by atoms with E-state index in [0.29, 0.717) is 6.61 Å². The van der Waals surface area contributed by atoms with E-state index < -0.39 is 0 Å². The summed E-state index contributed by atoms with van der Waals surface area (Å²) in [6.07, 6.45) is 1.27. The second-order valence-corrected chi connectivity index (χ2v) is 7.77. The lowest BCUT2D eigenvalue weighted by molar-refractivity contribution is 0.0317. The Kier molecular flexibility index (Phi) is 6.20. The molecule has 2 saturated heterocycles. The number of ether oxygens (including phenoxy) is 2. The first-order valence-corrected chi connectivity index (χ1v) is 10.0. The minimum atomic E-state index is 0.262. The van der Waals surface area contributed by atoms with E-state index in [1.165, 1.54) is 35.3 Å². The number of likely N-dealkylation sites (N-methyl/N-ethyl adjacent to an activating group) is 1. The number of piperazine rings is 1. The number of nitrogens with zero attached hydrogens (tertiary/aromatic N) is 2. The third kappa shape index (κ3) is 5.17. The van der Waals surface area contributed by atoms with Crippen molar-refractivity contribution in [3.63, 3.8) is 0 Å². The molecule has 4 rings (SSSR count). The monoisotopic (exact) mass is 366 g/mol. The lowest BCUT2D eigenvalue weighted by Crippen LogP contribution is -2.43. The molecule has 0 bridgehead atoms. The molecule has 0 saturated carbocycles. The van der Waals surface area contributed by atoms with Crippen LogP contribution in [0.5, 0.6) is 0 Å². The van der Waals surface area contributed by atoms with Gasteiger partial charge in [0.05, 0.1) is 19.3 Å². The minimum Gasteiger partial charge on any atom is -0.379 e. The highest BCUT2D eigenvalue weighted by atomic mass is 16.5. The van der Waals surface area contributed by atoms with Crippen LogP contribution in [0.25, 0.3) is 11.1 Å². The van der Waals surface area contributed by atoms with Gasteiger partial charge in [0.15, 0.2) is 0 Å². The van der Waals surface area contributed by atoms with Gasteiger partial charge in [-0.3, -0.25) is 4.90 Å². The molecular formula is C23H30N2O2. The van der Waals surface area contributed by atoms with Crippen LogP contribution in [0.4, 0.5) is 0 Å². The fourth-order valence-corrected chi connectivity index (χ4v) is 3.72. The molecule has 144 valence electrons. The Hall–Kier alpha value is -1.72. The zero-order valence-corrected chi connectivity index (χ0v) is 16.3. The van der Waals surface area contributed by atoms with Crippen LogP contribution in [0.3, 0.4) is 0 Å². The summed E-state index contributed by atoms with van der Waals surface area (Å²) in [5.41, 5.74) is 5.15. The highest BCUT2D eigenvalue weighted by molar-refractivity contribution is 5.63. The van der Waals surface area contributed by atoms with Gasteiger partial charge in [-0.15, -0.1) is 0 Å². The third-order valence-electron chi connectivity index (χ3n) is 5.62. The van der Waals surface area contributed by atoms with Crippen LogP contribution in [0, 0.1) is 0 Å². The van der Waals surface area contributed by atoms with Gasteiger partial charge < -0.3 is 14.4 Å². The maximum atomic E-state index is 5.90. The molecule has 0 N–H and O–H groups in total. The lowest BCUT2D eigenvalue weighted by Gasteiger charge is -2.32. The van der Waals surface area contributed by atoms with Gasteiger partial charge >= 0.3 is 0 Å². The van der Waals surface area contributed by atoms with Crippen LogP contribution < -0.4 is 0 Å². The average molecular weight is 367 g/mol. The molecule has 0 amide bonds. The van der Waals surface area contributed by atoms with Gasteiger partial charge in [0.25, 0.3) is 0 Å². The zero-order valence-electron chi connectivity index (χ0n) is 16.3. The second kappa shape index (κ2) is 8.98. The van der Waals surface area contributed by atoms with Gasteiger partial charge in [0.1, 0.15) is 0 Å². The predicted molar refractivity (Wildman–Crippen MR) is 109 cm³/mol. The average Bonchev–Trinajstić information content (AvgIpc) is 3.23. The normalized spacial score (nSPS) is 21.6. The van der Waals surface area contributed by atoms with E-state index in [1.807, 2.05) is 0 Å². The Bertz CT molecular complexity index is 700. The third-order valence-corrected chi connectivity index (χ3v) is 5.62. The van der Waals surface area contributed by atoms with E-state index in [-0.39, 0.29) is 6.10 Å². The molecule has 0 unspecified atom stereocenters. The maximum Gasteiger partial charge on any atom is 0.0834 e. The quantitative estimate of drug-likeness (QED) is 0.782. The Morgan fingerprint density at radius 2 is 1.52 bits per heavy atom. The van der Waals surface area contributed by atoms with Crippen LogP contribution in [-0.2, 0) is 22.6 Å². The fourth-order valence-electron chi connectivity index (χ4n) is 3.72. The highest BCUT2D eigenvalue weighted by Crippen LogP contribution is 2.22. The SMILES string of the molecule is CN1CCN(Cc2ccc(-c3ccc(CO[C@@H]4CCOC4)cc3)cc2)CC1. The van der Waals surface area contributed by atoms with Crippen molar-refractivity contribution in [3.8, 4) is 11.1 Å². The molecule has 2 heterocycles. The first-order chi connectivity index (χ1) is 13.3. The van der Waals surface area contributed by atoms with Gasteiger partial charge in [-0.05, 0) is 35.7 Å². The van der Waals surface area contributed by atoms with E-state index in [2.05, 4.69) is 65.4 Å². The van der Waals surface area contributed by atoms with E-state index in [0.717, 1.165) is 39.3 Å². The van der Waals surface area contributed by atoms with Gasteiger partial charge in [-0.2, -0.15) is 0 Å². The van der Waals surface area contributed by atoms with Crippen molar-refractivity contribution in [2.75, 3.05) is 46.4 Å². The smallest absolute Gasteiger partial charge is 0.0834 e. The van der Waals surface area contributed by atoms with Crippen molar-refractivity contribution >= 4 is 0 Å². The lowest BCUT2D eigenvalue weighted by atomic mass is 10.0. The molecule has 0 spiro atoms. The van der Waals surface area contributed by atoms with Crippen LogP contribution in [0.1, 0.15) is 17.5 Å². The molecule has 0 radical (unpaired) electrons. The first kappa shape index (κ1) is 18.6. The summed E-state index contributed by atoms with van der Waals surface area (Å²) < 4.78 is 11.3. The summed E-state index contributed by atoms with van der Waals surface area (Å²) >= 11 is 0. The van der Waals surface area contributed by atoms with E-state index in [1.54, 1.807) is 0 Å². The molecule has 2 aliphatic rings. The van der Waals surface area contributed by atoms with Gasteiger partial charge in [-0.25, -0.2) is 0 Å². The zero-order chi connectivity index (χ0) is 18.5. The Labute approximate surface area is 162 Å². The molecule has 0 aliphatic carbocycles. The van der Waals surface area contributed by atoms with E-state index in [4.69, 9.17) is 9.47 Å². The van der Waals surface area contributed by atoms with Crippen molar-refractivity contribution in [1.29, 1.82) is 0 Å². The Morgan fingerprint density at radius 3 is 2.11 bits per heavy atom. The highest BCUT2D eigenvalue weighted by Gasteiger charge is 2.16. The molecule has 4 nitrogen and oxygen atoms in total. The van der Waals surface area contributed by atoms with Crippen molar-refractivity contribution in [2.24, 2.45) is 0 Å². The summed E-state index contributed by atoms with van der Waals surface area (Å²) in [4.78, 5) is 4.94. The number of hydrogen-bond donors (Lipinski definition) is 0. The molecule has 2 aromatic rings. The minimum absolute atomic E-state index is 0.262. The van der Waals surface area contributed by atoms with Crippen LogP contribution in [0.15, 0.2) is 48.5 Å². The summed E-state index contributed by atoms with van der Waals surface area (Å²) in [7, 11) is 2.20. The van der Waals surface area contributed by atoms with Crippen molar-refractivity contribution in [2.45, 2.75) is 25.7 Å². The van der Waals surface area contributed by atoms with Crippen LogP contribution in [0.2, 0.25) is 0 Å². The number of rotatable bonds is 6. The Balaban J connectivity index is 1.31. The van der Waals surface area contributed by atoms with Gasteiger partial charge in [0.2, 0.25) is 0 Å². The molecule has 4 heteroatoms. The van der Waals surface area contributed by atoms with E-state index >= 15 is 0 Å². The molecule has 2 aromatic carbocycles. The summed E-state index contributed by atoms with van der Waals surface area (Å²) in [5.74, 6) is 0. The summed E-state index contributed by atoms with van der Waals surface area (Å²) in [6.45, 7) is 7.94. The first-order valence-electron chi connectivity index (χ1n) is 10.0. The number of benzene rings is 2. The van der Waals surface area contributed by atoms with Crippen LogP contribution >= 0.6 is 0 Å². The van der Waals surface area contributed by atoms with Gasteiger partial charge in [-0.1, -0.05) is 48.5 Å². The second-order valence-electron chi connectivity index (χ2n) is 7.77. The molecule has 1 atom stereocenters. The van der Waals surface area contributed by atoms with Crippen molar-refractivity contribution in [1.82, 2.24) is 9.80 Å². The maximum absolute atomic E-state index is 5.90. The van der Waals surface area contributed by atoms with Crippen molar-refractivity contribution < 1.29 is 9.47 Å². The summed E-state index contributed by atoms with van der Waals surface area (Å²) in [5, 5.41) is 0. The standard InChI is InChI=1S/C23H30N2O2/c1-24-11-13-25(14-12-24)16-19-2-6-21(7-3-19)22-8-4-20(5-9-22)17-27-23-10-15-26-18-23/h2-9,23H,10-18H2,1H3/t23-/m1/s1. The fraction of sp³-hybridized carbons (Fsp3) is 0.478. The molecular weight excluding hydrogens is 336 g/mol. The summed E-state index contributed by atoms with van der Waals surface area (Å²) in [6, 6.07) is 17.8. The Morgan fingerprint density at radius 1 is 0.889 bits per heavy atom. The van der Waals surface area contributed by atoms with Gasteiger partial charge in [0, 0.05) is 39.3 Å². The van der Waals surface area contributed by atoms with Crippen LogP contribution in [-0.4, -0.2) is 62.3 Å². The molecule has 0 aromatic heterocycles. The number of hydrogen-bond acceptors (Lipinski definition) is 4. The van der Waals surface area contributed by atoms with E-state index in [9.17, 15) is 0 Å².